The number of carbonyl (C=O) groups is 1. The number of anilines is 1. The van der Waals surface area contributed by atoms with Gasteiger partial charge >= 0.3 is 0 Å². The average Bonchev–Trinajstić information content (AvgIpc) is 3.40. The zero-order valence-corrected chi connectivity index (χ0v) is 20.5. The van der Waals surface area contributed by atoms with Gasteiger partial charge in [-0.1, -0.05) is 17.7 Å². The topological polar surface area (TPSA) is 93.4 Å². The molecule has 3 heterocycles. The lowest BCUT2D eigenvalue weighted by Gasteiger charge is -2.12. The van der Waals surface area contributed by atoms with E-state index in [1.807, 2.05) is 30.3 Å². The fraction of sp³-hybridized carbons (Fsp3) is 0.120. The fourth-order valence-corrected chi connectivity index (χ4v) is 6.63. The zero-order valence-electron chi connectivity index (χ0n) is 18.2. The smallest absolute Gasteiger partial charge is 0.254 e. The van der Waals surface area contributed by atoms with E-state index >= 15 is 0 Å². The van der Waals surface area contributed by atoms with Crippen molar-refractivity contribution in [1.82, 2.24) is 9.88 Å². The highest BCUT2D eigenvalue weighted by molar-refractivity contribution is 7.90. The number of rotatable bonds is 5. The molecule has 4 aromatic rings. The number of hydrogen-bond donors (Lipinski definition) is 1. The number of nitrogens with zero attached hydrogens (tertiary/aromatic N) is 2. The Balaban J connectivity index is 1.50. The van der Waals surface area contributed by atoms with Gasteiger partial charge in [0.15, 0.2) is 9.84 Å². The van der Waals surface area contributed by atoms with Gasteiger partial charge < -0.3 is 10.6 Å². The highest BCUT2D eigenvalue weighted by atomic mass is 35.5. The lowest BCUT2D eigenvalue weighted by Crippen LogP contribution is -2.17. The molecular formula is C25H20ClN3O3S2. The van der Waals surface area contributed by atoms with E-state index in [0.717, 1.165) is 26.4 Å². The highest BCUT2D eigenvalue weighted by Gasteiger charge is 2.25. The number of hydrogen-bond acceptors (Lipinski definition) is 6. The molecule has 172 valence electrons. The molecule has 0 saturated heterocycles. The van der Waals surface area contributed by atoms with Crippen LogP contribution in [0.4, 0.5) is 5.69 Å². The quantitative estimate of drug-likeness (QED) is 0.395. The Morgan fingerprint density at radius 3 is 2.53 bits per heavy atom. The molecule has 1 amide bonds. The Kier molecular flexibility index (Phi) is 5.67. The predicted molar refractivity (Wildman–Crippen MR) is 136 cm³/mol. The van der Waals surface area contributed by atoms with E-state index < -0.39 is 9.84 Å². The molecule has 0 saturated carbocycles. The Morgan fingerprint density at radius 2 is 1.76 bits per heavy atom. The molecule has 0 spiro atoms. The molecule has 2 aromatic carbocycles. The third kappa shape index (κ3) is 4.09. The predicted octanol–water partition coefficient (Wildman–Crippen LogP) is 5.27. The first-order valence-electron chi connectivity index (χ1n) is 10.4. The molecule has 0 bridgehead atoms. The van der Waals surface area contributed by atoms with Crippen LogP contribution >= 0.6 is 22.9 Å². The van der Waals surface area contributed by atoms with Crippen LogP contribution in [0.3, 0.4) is 0 Å². The van der Waals surface area contributed by atoms with E-state index in [1.54, 1.807) is 30.3 Å². The molecule has 6 nitrogen and oxygen atoms in total. The second-order valence-corrected chi connectivity index (χ2v) is 11.7. The van der Waals surface area contributed by atoms with Crippen molar-refractivity contribution in [2.45, 2.75) is 17.2 Å². The monoisotopic (exact) mass is 509 g/mol. The van der Waals surface area contributed by atoms with E-state index in [9.17, 15) is 13.2 Å². The van der Waals surface area contributed by atoms with E-state index in [4.69, 9.17) is 17.3 Å². The van der Waals surface area contributed by atoms with Crippen LogP contribution in [0.2, 0.25) is 5.02 Å². The lowest BCUT2D eigenvalue weighted by molar-refractivity contribution is 0.0816. The number of nitrogen functional groups attached to an aromatic ring is 1. The van der Waals surface area contributed by atoms with Crippen molar-refractivity contribution in [3.05, 3.63) is 88.7 Å². The van der Waals surface area contributed by atoms with Crippen molar-refractivity contribution in [2.24, 2.45) is 0 Å². The second kappa shape index (κ2) is 8.54. The number of fused-ring (bicyclic) bond motifs is 1. The molecule has 0 atom stereocenters. The van der Waals surface area contributed by atoms with Crippen molar-refractivity contribution >= 4 is 44.4 Å². The summed E-state index contributed by atoms with van der Waals surface area (Å²) in [6, 6.07) is 15.9. The molecule has 1 aliphatic rings. The summed E-state index contributed by atoms with van der Waals surface area (Å²) >= 11 is 7.44. The molecule has 0 unspecified atom stereocenters. The first-order chi connectivity index (χ1) is 16.2. The van der Waals surface area contributed by atoms with Crippen molar-refractivity contribution in [3.8, 4) is 20.9 Å². The molecule has 1 aliphatic heterocycles. The summed E-state index contributed by atoms with van der Waals surface area (Å²) < 4.78 is 26.2. The van der Waals surface area contributed by atoms with Crippen molar-refractivity contribution in [3.63, 3.8) is 0 Å². The maximum Gasteiger partial charge on any atom is 0.254 e. The summed E-state index contributed by atoms with van der Waals surface area (Å²) in [5, 5.41) is 0.469. The van der Waals surface area contributed by atoms with Gasteiger partial charge in [0.2, 0.25) is 0 Å². The van der Waals surface area contributed by atoms with Gasteiger partial charge in [0.25, 0.3) is 5.91 Å². The standard InChI is InChI=1S/C25H20ClN3O3S2/c1-29-13-16-10-15(2-7-19(16)25(29)30)23-8-9-24(33-23)20-11-28-12-22(27)21(20)14-34(31,32)18-5-3-17(26)4-6-18/h2-12H,13-14,27H2,1H3. The van der Waals surface area contributed by atoms with Crippen molar-refractivity contribution < 1.29 is 13.2 Å². The highest BCUT2D eigenvalue weighted by Crippen LogP contribution is 2.39. The number of benzene rings is 2. The molecule has 5 rings (SSSR count). The summed E-state index contributed by atoms with van der Waals surface area (Å²) in [5.74, 6) is -0.218. The van der Waals surface area contributed by atoms with E-state index in [0.29, 0.717) is 28.4 Å². The van der Waals surface area contributed by atoms with Crippen LogP contribution in [0.5, 0.6) is 0 Å². The van der Waals surface area contributed by atoms with Crippen LogP contribution < -0.4 is 5.73 Å². The third-order valence-corrected chi connectivity index (χ3v) is 8.92. The van der Waals surface area contributed by atoms with E-state index in [-0.39, 0.29) is 16.6 Å². The Labute approximate surface area is 206 Å². The van der Waals surface area contributed by atoms with Crippen LogP contribution in [0.25, 0.3) is 20.9 Å². The minimum absolute atomic E-state index is 0.0331. The summed E-state index contributed by atoms with van der Waals surface area (Å²) in [5.41, 5.74) is 10.5. The lowest BCUT2D eigenvalue weighted by atomic mass is 10.1. The molecular weight excluding hydrogens is 490 g/mol. The van der Waals surface area contributed by atoms with Gasteiger partial charge in [0.1, 0.15) is 0 Å². The normalized spacial score (nSPS) is 13.4. The van der Waals surface area contributed by atoms with Gasteiger partial charge in [-0.15, -0.1) is 11.3 Å². The second-order valence-electron chi connectivity index (χ2n) is 8.16. The maximum atomic E-state index is 13.1. The van der Waals surface area contributed by atoms with Crippen LogP contribution in [0.1, 0.15) is 21.5 Å². The number of nitrogens with two attached hydrogens (primary N) is 1. The van der Waals surface area contributed by atoms with Crippen molar-refractivity contribution in [2.75, 3.05) is 12.8 Å². The maximum absolute atomic E-state index is 13.1. The average molecular weight is 510 g/mol. The minimum atomic E-state index is -3.64. The Morgan fingerprint density at radius 1 is 1.03 bits per heavy atom. The molecule has 0 aliphatic carbocycles. The molecule has 34 heavy (non-hydrogen) atoms. The minimum Gasteiger partial charge on any atom is -0.397 e. The van der Waals surface area contributed by atoms with Crippen LogP contribution in [-0.4, -0.2) is 31.3 Å². The van der Waals surface area contributed by atoms with Gasteiger partial charge in [0, 0.05) is 51.3 Å². The van der Waals surface area contributed by atoms with E-state index in [1.165, 1.54) is 29.7 Å². The Hall–Kier alpha value is -3.20. The molecule has 2 aromatic heterocycles. The van der Waals surface area contributed by atoms with Gasteiger partial charge in [-0.2, -0.15) is 0 Å². The zero-order chi connectivity index (χ0) is 24.0. The summed E-state index contributed by atoms with van der Waals surface area (Å²) in [6.45, 7) is 0.589. The van der Waals surface area contributed by atoms with Gasteiger partial charge in [-0.3, -0.25) is 9.78 Å². The fourth-order valence-electron chi connectivity index (χ4n) is 4.05. The number of amides is 1. The largest absolute Gasteiger partial charge is 0.397 e. The molecule has 0 radical (unpaired) electrons. The number of pyridine rings is 1. The summed E-state index contributed by atoms with van der Waals surface area (Å²) in [4.78, 5) is 20.2. The molecule has 0 fully saturated rings. The first kappa shape index (κ1) is 22.6. The Bertz CT molecular complexity index is 1530. The van der Waals surface area contributed by atoms with Crippen LogP contribution in [-0.2, 0) is 22.1 Å². The van der Waals surface area contributed by atoms with Gasteiger partial charge in [0.05, 0.1) is 22.5 Å². The SMILES string of the molecule is CN1Cc2cc(-c3ccc(-c4cncc(N)c4CS(=O)(=O)c4ccc(Cl)cc4)s3)ccc2C1=O. The van der Waals surface area contributed by atoms with Gasteiger partial charge in [-0.05, 0) is 59.7 Å². The third-order valence-electron chi connectivity index (χ3n) is 5.84. The molecule has 9 heteroatoms. The van der Waals surface area contributed by atoms with Gasteiger partial charge in [-0.25, -0.2) is 8.42 Å². The number of halogens is 1. The number of sulfone groups is 1. The molecule has 2 N–H and O–H groups in total. The number of aromatic nitrogens is 1. The number of thiophene rings is 1. The van der Waals surface area contributed by atoms with E-state index in [2.05, 4.69) is 4.98 Å². The van der Waals surface area contributed by atoms with Crippen LogP contribution in [0, 0.1) is 0 Å². The first-order valence-corrected chi connectivity index (χ1v) is 13.3. The van der Waals surface area contributed by atoms with Crippen molar-refractivity contribution in [1.29, 1.82) is 0 Å². The number of carbonyl (C=O) groups excluding carboxylic acids is 1. The summed E-state index contributed by atoms with van der Waals surface area (Å²) in [7, 11) is -1.85. The summed E-state index contributed by atoms with van der Waals surface area (Å²) in [6.07, 6.45) is 3.12. The van der Waals surface area contributed by atoms with Crippen LogP contribution in [0.15, 0.2) is 71.9 Å².